The van der Waals surface area contributed by atoms with Crippen LogP contribution in [0.25, 0.3) is 0 Å². The Morgan fingerprint density at radius 2 is 2.14 bits per heavy atom. The first kappa shape index (κ1) is 17.2. The third-order valence-electron chi connectivity index (χ3n) is 4.43. The topological polar surface area (TPSA) is 82.2 Å². The molecular formula is C15H25ClN4O2. The van der Waals surface area contributed by atoms with Gasteiger partial charge in [0, 0.05) is 37.4 Å². The second-order valence-corrected chi connectivity index (χ2v) is 6.01. The molecule has 1 amide bonds. The molecule has 1 atom stereocenters. The molecule has 2 heterocycles. The number of nitrogens with one attached hydrogen (secondary N) is 1. The van der Waals surface area contributed by atoms with Crippen LogP contribution in [-0.4, -0.2) is 34.9 Å². The second-order valence-electron chi connectivity index (χ2n) is 6.01. The first-order valence-corrected chi connectivity index (χ1v) is 7.91. The lowest BCUT2D eigenvalue weighted by molar-refractivity contribution is -0.119. The van der Waals surface area contributed by atoms with Crippen molar-refractivity contribution in [2.24, 2.45) is 11.7 Å². The van der Waals surface area contributed by atoms with Crippen LogP contribution in [0, 0.1) is 5.92 Å². The maximum absolute atomic E-state index is 12.3. The average molecular weight is 329 g/mol. The molecule has 124 valence electrons. The molecule has 0 spiro atoms. The summed E-state index contributed by atoms with van der Waals surface area (Å²) in [6.07, 6.45) is 4.15. The number of halogens is 1. The van der Waals surface area contributed by atoms with Crippen LogP contribution in [0.15, 0.2) is 6.07 Å². The summed E-state index contributed by atoms with van der Waals surface area (Å²) in [4.78, 5) is 12.3. The number of hydrogen-bond donors (Lipinski definition) is 2. The van der Waals surface area contributed by atoms with E-state index in [1.54, 1.807) is 0 Å². The van der Waals surface area contributed by atoms with Gasteiger partial charge in [0.05, 0.1) is 6.04 Å². The molecule has 1 unspecified atom stereocenters. The molecule has 0 aromatic carbocycles. The first-order chi connectivity index (χ1) is 10.2. The Kier molecular flexibility index (Phi) is 5.83. The smallest absolute Gasteiger partial charge is 0.242 e. The molecule has 1 saturated carbocycles. The Bertz CT molecular complexity index is 510. The van der Waals surface area contributed by atoms with Crippen LogP contribution in [0.1, 0.15) is 44.2 Å². The standard InChI is InChI=1S/C15H24N4O2.ClH/c1-2-19-12(10-3-4-10)9-13(18-19)17-15(20)14(16)11-5-7-21-8-6-11;/h9-11,14H,2-8,16H2,1H3,(H,17,18,20);1H. The summed E-state index contributed by atoms with van der Waals surface area (Å²) in [6.45, 7) is 4.29. The summed E-state index contributed by atoms with van der Waals surface area (Å²) >= 11 is 0. The van der Waals surface area contributed by atoms with Crippen molar-refractivity contribution in [1.82, 2.24) is 9.78 Å². The predicted molar refractivity (Wildman–Crippen MR) is 87.3 cm³/mol. The maximum Gasteiger partial charge on any atom is 0.242 e. The maximum atomic E-state index is 12.3. The van der Waals surface area contributed by atoms with Gasteiger partial charge in [-0.05, 0) is 38.5 Å². The van der Waals surface area contributed by atoms with E-state index < -0.39 is 6.04 Å². The number of amides is 1. The van der Waals surface area contributed by atoms with Crippen molar-refractivity contribution in [2.75, 3.05) is 18.5 Å². The monoisotopic (exact) mass is 328 g/mol. The van der Waals surface area contributed by atoms with Crippen molar-refractivity contribution in [1.29, 1.82) is 0 Å². The van der Waals surface area contributed by atoms with Gasteiger partial charge in [-0.15, -0.1) is 12.4 Å². The van der Waals surface area contributed by atoms with Gasteiger partial charge >= 0.3 is 0 Å². The van der Waals surface area contributed by atoms with E-state index in [9.17, 15) is 4.79 Å². The SMILES string of the molecule is CCn1nc(NC(=O)C(N)C2CCOCC2)cc1C1CC1.Cl. The number of hydrogen-bond acceptors (Lipinski definition) is 4. The Morgan fingerprint density at radius 1 is 1.45 bits per heavy atom. The third kappa shape index (κ3) is 3.80. The number of ether oxygens (including phenoxy) is 1. The van der Waals surface area contributed by atoms with Crippen molar-refractivity contribution < 1.29 is 9.53 Å². The second kappa shape index (κ2) is 7.44. The summed E-state index contributed by atoms with van der Waals surface area (Å²) in [5, 5.41) is 7.34. The molecule has 1 saturated heterocycles. The minimum Gasteiger partial charge on any atom is -0.381 e. The Morgan fingerprint density at radius 3 is 2.73 bits per heavy atom. The van der Waals surface area contributed by atoms with Crippen molar-refractivity contribution in [3.05, 3.63) is 11.8 Å². The van der Waals surface area contributed by atoms with E-state index in [0.29, 0.717) is 24.9 Å². The van der Waals surface area contributed by atoms with Gasteiger partial charge < -0.3 is 15.8 Å². The van der Waals surface area contributed by atoms with E-state index >= 15 is 0 Å². The van der Waals surface area contributed by atoms with E-state index in [1.165, 1.54) is 18.5 Å². The van der Waals surface area contributed by atoms with Crippen LogP contribution in [0.5, 0.6) is 0 Å². The highest BCUT2D eigenvalue weighted by Crippen LogP contribution is 2.40. The molecule has 1 aromatic heterocycles. The fourth-order valence-corrected chi connectivity index (χ4v) is 2.95. The molecule has 1 aliphatic carbocycles. The lowest BCUT2D eigenvalue weighted by Gasteiger charge is -2.26. The quantitative estimate of drug-likeness (QED) is 0.864. The molecule has 6 nitrogen and oxygen atoms in total. The minimum absolute atomic E-state index is 0. The summed E-state index contributed by atoms with van der Waals surface area (Å²) in [5.41, 5.74) is 7.32. The highest BCUT2D eigenvalue weighted by atomic mass is 35.5. The Labute approximate surface area is 137 Å². The Hall–Kier alpha value is -1.11. The van der Waals surface area contributed by atoms with E-state index in [0.717, 1.165) is 19.4 Å². The fourth-order valence-electron chi connectivity index (χ4n) is 2.95. The molecule has 7 heteroatoms. The van der Waals surface area contributed by atoms with Gasteiger partial charge in [-0.3, -0.25) is 9.48 Å². The van der Waals surface area contributed by atoms with Crippen molar-refractivity contribution >= 4 is 24.1 Å². The zero-order valence-electron chi connectivity index (χ0n) is 13.0. The summed E-state index contributed by atoms with van der Waals surface area (Å²) < 4.78 is 7.29. The normalized spacial score (nSPS) is 20.3. The number of anilines is 1. The van der Waals surface area contributed by atoms with Crippen molar-refractivity contribution in [3.63, 3.8) is 0 Å². The van der Waals surface area contributed by atoms with Crippen LogP contribution in [0.4, 0.5) is 5.82 Å². The van der Waals surface area contributed by atoms with Gasteiger partial charge in [-0.1, -0.05) is 0 Å². The van der Waals surface area contributed by atoms with Gasteiger partial charge in [-0.25, -0.2) is 0 Å². The van der Waals surface area contributed by atoms with Gasteiger partial charge in [-0.2, -0.15) is 5.10 Å². The third-order valence-corrected chi connectivity index (χ3v) is 4.43. The van der Waals surface area contributed by atoms with Crippen LogP contribution in [0.3, 0.4) is 0 Å². The van der Waals surface area contributed by atoms with Crippen molar-refractivity contribution in [3.8, 4) is 0 Å². The van der Waals surface area contributed by atoms with Crippen LogP contribution >= 0.6 is 12.4 Å². The molecule has 2 aliphatic rings. The molecule has 3 rings (SSSR count). The predicted octanol–water partition coefficient (Wildman–Crippen LogP) is 1.89. The first-order valence-electron chi connectivity index (χ1n) is 7.91. The summed E-state index contributed by atoms with van der Waals surface area (Å²) in [5.74, 6) is 1.32. The van der Waals surface area contributed by atoms with Crippen molar-refractivity contribution in [2.45, 2.75) is 51.1 Å². The lowest BCUT2D eigenvalue weighted by atomic mass is 9.92. The molecule has 2 fully saturated rings. The molecule has 3 N–H and O–H groups in total. The van der Waals surface area contributed by atoms with Crippen LogP contribution in [0.2, 0.25) is 0 Å². The summed E-state index contributed by atoms with van der Waals surface area (Å²) in [6, 6.07) is 1.51. The molecule has 22 heavy (non-hydrogen) atoms. The van der Waals surface area contributed by atoms with E-state index in [1.807, 2.05) is 10.7 Å². The number of aryl methyl sites for hydroxylation is 1. The number of carbonyl (C=O) groups excluding carboxylic acids is 1. The summed E-state index contributed by atoms with van der Waals surface area (Å²) in [7, 11) is 0. The van der Waals surface area contributed by atoms with Gasteiger partial charge in [0.1, 0.15) is 0 Å². The minimum atomic E-state index is -0.481. The number of nitrogens with zero attached hydrogens (tertiary/aromatic N) is 2. The molecule has 0 bridgehead atoms. The van der Waals surface area contributed by atoms with Gasteiger partial charge in [0.15, 0.2) is 5.82 Å². The fraction of sp³-hybridized carbons (Fsp3) is 0.733. The van der Waals surface area contributed by atoms with E-state index in [-0.39, 0.29) is 24.2 Å². The number of carbonyl (C=O) groups is 1. The molecule has 1 aliphatic heterocycles. The van der Waals surface area contributed by atoms with E-state index in [4.69, 9.17) is 10.5 Å². The van der Waals surface area contributed by atoms with Gasteiger partial charge in [0.2, 0.25) is 5.91 Å². The molecule has 1 aromatic rings. The molecular weight excluding hydrogens is 304 g/mol. The number of aromatic nitrogens is 2. The highest BCUT2D eigenvalue weighted by molar-refractivity contribution is 5.94. The van der Waals surface area contributed by atoms with E-state index in [2.05, 4.69) is 17.3 Å². The largest absolute Gasteiger partial charge is 0.381 e. The van der Waals surface area contributed by atoms with Gasteiger partial charge in [0.25, 0.3) is 0 Å². The Balaban J connectivity index is 0.00000176. The average Bonchev–Trinajstić information content (AvgIpc) is 3.28. The zero-order valence-corrected chi connectivity index (χ0v) is 13.8. The highest BCUT2D eigenvalue weighted by Gasteiger charge is 2.30. The number of nitrogens with two attached hydrogens (primary N) is 1. The number of rotatable bonds is 5. The molecule has 0 radical (unpaired) electrons. The lowest BCUT2D eigenvalue weighted by Crippen LogP contribution is -2.44. The zero-order chi connectivity index (χ0) is 14.8. The van der Waals surface area contributed by atoms with Crippen LogP contribution in [-0.2, 0) is 16.1 Å². The van der Waals surface area contributed by atoms with Crippen LogP contribution < -0.4 is 11.1 Å².